The van der Waals surface area contributed by atoms with E-state index in [1.54, 1.807) is 17.0 Å². The topological polar surface area (TPSA) is 40.6 Å². The molecule has 0 saturated carbocycles. The Bertz CT molecular complexity index is 558. The summed E-state index contributed by atoms with van der Waals surface area (Å²) in [6, 6.07) is 6.41. The van der Waals surface area contributed by atoms with E-state index in [1.807, 2.05) is 4.90 Å². The van der Waals surface area contributed by atoms with Crippen molar-refractivity contribution in [2.75, 3.05) is 19.6 Å². The van der Waals surface area contributed by atoms with Gasteiger partial charge in [-0.1, -0.05) is 12.1 Å². The molecule has 5 heteroatoms. The van der Waals surface area contributed by atoms with E-state index in [1.165, 1.54) is 12.1 Å². The van der Waals surface area contributed by atoms with Gasteiger partial charge < -0.3 is 9.80 Å². The minimum atomic E-state index is -0.260. The summed E-state index contributed by atoms with van der Waals surface area (Å²) in [7, 11) is 0. The van der Waals surface area contributed by atoms with E-state index in [4.69, 9.17) is 0 Å². The normalized spacial score (nSPS) is 21.7. The Hall–Kier alpha value is -1.91. The lowest BCUT2D eigenvalue weighted by molar-refractivity contribution is -0.140. The maximum absolute atomic E-state index is 13.0. The number of amides is 2. The molecular formula is C17H21FN2O2. The quantitative estimate of drug-likeness (QED) is 0.857. The molecule has 1 aromatic rings. The van der Waals surface area contributed by atoms with Crippen LogP contribution in [0.5, 0.6) is 0 Å². The van der Waals surface area contributed by atoms with Crippen molar-refractivity contribution in [3.8, 4) is 0 Å². The van der Waals surface area contributed by atoms with E-state index in [9.17, 15) is 14.0 Å². The molecule has 2 heterocycles. The lowest BCUT2D eigenvalue weighted by atomic mass is 9.94. The Morgan fingerprint density at radius 2 is 1.95 bits per heavy atom. The molecule has 2 saturated heterocycles. The van der Waals surface area contributed by atoms with Crippen LogP contribution in [-0.2, 0) is 9.59 Å². The largest absolute Gasteiger partial charge is 0.342 e. The molecule has 0 aliphatic carbocycles. The standard InChI is InChI=1S/C17H21FN2O2/c18-14-6-4-13(5-7-14)15-8-12-20(15)17(22)9-11-19-10-2-1-3-16(19)21/h4-7,15H,1-3,8-12H2/t15-/m1/s1. The zero-order valence-electron chi connectivity index (χ0n) is 12.6. The van der Waals surface area contributed by atoms with Crippen LogP contribution >= 0.6 is 0 Å². The van der Waals surface area contributed by atoms with Crippen molar-refractivity contribution in [2.45, 2.75) is 38.1 Å². The van der Waals surface area contributed by atoms with Crippen molar-refractivity contribution in [3.05, 3.63) is 35.6 Å². The summed E-state index contributed by atoms with van der Waals surface area (Å²) in [4.78, 5) is 27.7. The van der Waals surface area contributed by atoms with Crippen LogP contribution < -0.4 is 0 Å². The van der Waals surface area contributed by atoms with Gasteiger partial charge in [-0.25, -0.2) is 4.39 Å². The lowest BCUT2D eigenvalue weighted by Crippen LogP contribution is -2.46. The third-order valence-corrected chi connectivity index (χ3v) is 4.61. The number of hydrogen-bond donors (Lipinski definition) is 0. The van der Waals surface area contributed by atoms with Crippen molar-refractivity contribution < 1.29 is 14.0 Å². The first-order chi connectivity index (χ1) is 10.6. The Balaban J connectivity index is 1.54. The van der Waals surface area contributed by atoms with Crippen molar-refractivity contribution in [1.29, 1.82) is 0 Å². The number of nitrogens with zero attached hydrogens (tertiary/aromatic N) is 2. The Morgan fingerprint density at radius 3 is 2.59 bits per heavy atom. The van der Waals surface area contributed by atoms with E-state index in [-0.39, 0.29) is 23.7 Å². The van der Waals surface area contributed by atoms with Crippen LogP contribution in [0.4, 0.5) is 4.39 Å². The molecule has 118 valence electrons. The summed E-state index contributed by atoms with van der Waals surface area (Å²) in [6.07, 6.45) is 3.89. The first-order valence-electron chi connectivity index (χ1n) is 7.98. The van der Waals surface area contributed by atoms with Gasteiger partial charge in [0.2, 0.25) is 11.8 Å². The van der Waals surface area contributed by atoms with E-state index >= 15 is 0 Å². The van der Waals surface area contributed by atoms with Gasteiger partial charge in [-0.15, -0.1) is 0 Å². The molecule has 0 radical (unpaired) electrons. The summed E-state index contributed by atoms with van der Waals surface area (Å²) in [6.45, 7) is 2.03. The van der Waals surface area contributed by atoms with Gasteiger partial charge in [-0.3, -0.25) is 9.59 Å². The smallest absolute Gasteiger partial charge is 0.224 e. The van der Waals surface area contributed by atoms with Crippen molar-refractivity contribution in [3.63, 3.8) is 0 Å². The van der Waals surface area contributed by atoms with Crippen LogP contribution in [0.25, 0.3) is 0 Å². The number of likely N-dealkylation sites (tertiary alicyclic amines) is 2. The first kappa shape index (κ1) is 15.0. The fraction of sp³-hybridized carbons (Fsp3) is 0.529. The number of hydrogen-bond acceptors (Lipinski definition) is 2. The van der Waals surface area contributed by atoms with Crippen molar-refractivity contribution in [1.82, 2.24) is 9.80 Å². The third-order valence-electron chi connectivity index (χ3n) is 4.61. The molecule has 0 bridgehead atoms. The van der Waals surface area contributed by atoms with E-state index in [0.29, 0.717) is 19.4 Å². The third kappa shape index (κ3) is 3.13. The zero-order valence-corrected chi connectivity index (χ0v) is 12.6. The highest BCUT2D eigenvalue weighted by atomic mass is 19.1. The molecule has 0 aromatic heterocycles. The monoisotopic (exact) mass is 304 g/mol. The second kappa shape index (κ2) is 6.46. The fourth-order valence-corrected chi connectivity index (χ4v) is 3.19. The average molecular weight is 304 g/mol. The van der Waals surface area contributed by atoms with Gasteiger partial charge in [0, 0.05) is 32.5 Å². The molecule has 22 heavy (non-hydrogen) atoms. The van der Waals surface area contributed by atoms with E-state index in [2.05, 4.69) is 0 Å². The Kier molecular flexibility index (Phi) is 4.41. The number of rotatable bonds is 4. The van der Waals surface area contributed by atoms with Gasteiger partial charge >= 0.3 is 0 Å². The maximum Gasteiger partial charge on any atom is 0.224 e. The molecule has 3 rings (SSSR count). The SMILES string of the molecule is O=C1CCCCN1CCC(=O)N1CC[C@@H]1c1ccc(F)cc1. The van der Waals surface area contributed by atoms with Crippen LogP contribution in [0.2, 0.25) is 0 Å². The van der Waals surface area contributed by atoms with Crippen LogP contribution in [0.1, 0.15) is 43.7 Å². The lowest BCUT2D eigenvalue weighted by Gasteiger charge is -2.42. The van der Waals surface area contributed by atoms with Crippen LogP contribution in [0.3, 0.4) is 0 Å². The number of piperidine rings is 1. The summed E-state index contributed by atoms with van der Waals surface area (Å²) in [5.41, 5.74) is 0.982. The van der Waals surface area contributed by atoms with Gasteiger partial charge in [0.05, 0.1) is 6.04 Å². The highest BCUT2D eigenvalue weighted by Gasteiger charge is 2.33. The molecule has 1 atom stereocenters. The second-order valence-electron chi connectivity index (χ2n) is 6.03. The van der Waals surface area contributed by atoms with Crippen molar-refractivity contribution >= 4 is 11.8 Å². The molecule has 0 spiro atoms. The first-order valence-corrected chi connectivity index (χ1v) is 7.98. The number of benzene rings is 1. The van der Waals surface area contributed by atoms with Crippen LogP contribution in [-0.4, -0.2) is 41.2 Å². The molecule has 4 nitrogen and oxygen atoms in total. The molecular weight excluding hydrogens is 283 g/mol. The minimum absolute atomic E-state index is 0.0603. The number of carbonyl (C=O) groups excluding carboxylic acids is 2. The second-order valence-corrected chi connectivity index (χ2v) is 6.03. The number of carbonyl (C=O) groups is 2. The zero-order chi connectivity index (χ0) is 15.5. The molecule has 2 aliphatic rings. The highest BCUT2D eigenvalue weighted by Crippen LogP contribution is 2.33. The van der Waals surface area contributed by atoms with Crippen LogP contribution in [0, 0.1) is 5.82 Å². The number of halogens is 1. The van der Waals surface area contributed by atoms with Gasteiger partial charge in [0.25, 0.3) is 0 Å². The maximum atomic E-state index is 13.0. The summed E-state index contributed by atoms with van der Waals surface area (Å²) >= 11 is 0. The Morgan fingerprint density at radius 1 is 1.18 bits per heavy atom. The molecule has 2 amide bonds. The van der Waals surface area contributed by atoms with E-state index in [0.717, 1.165) is 37.9 Å². The van der Waals surface area contributed by atoms with Gasteiger partial charge in [0.15, 0.2) is 0 Å². The molecule has 0 unspecified atom stereocenters. The highest BCUT2D eigenvalue weighted by molar-refractivity contribution is 5.80. The minimum Gasteiger partial charge on any atom is -0.342 e. The molecule has 2 fully saturated rings. The average Bonchev–Trinajstić information content (AvgIpc) is 2.47. The fourth-order valence-electron chi connectivity index (χ4n) is 3.19. The summed E-state index contributed by atoms with van der Waals surface area (Å²) in [5.74, 6) is -0.0127. The van der Waals surface area contributed by atoms with Gasteiger partial charge in [0.1, 0.15) is 5.82 Å². The molecule has 1 aromatic carbocycles. The Labute approximate surface area is 129 Å². The molecule has 2 aliphatic heterocycles. The predicted molar refractivity (Wildman–Crippen MR) is 80.5 cm³/mol. The summed E-state index contributed by atoms with van der Waals surface area (Å²) < 4.78 is 13.0. The van der Waals surface area contributed by atoms with Crippen LogP contribution in [0.15, 0.2) is 24.3 Å². The van der Waals surface area contributed by atoms with Gasteiger partial charge in [-0.2, -0.15) is 0 Å². The molecule has 0 N–H and O–H groups in total. The van der Waals surface area contributed by atoms with Crippen molar-refractivity contribution in [2.24, 2.45) is 0 Å². The summed E-state index contributed by atoms with van der Waals surface area (Å²) in [5, 5.41) is 0. The van der Waals surface area contributed by atoms with Gasteiger partial charge in [-0.05, 0) is 37.0 Å². The van der Waals surface area contributed by atoms with E-state index < -0.39 is 0 Å². The predicted octanol–water partition coefficient (Wildman–Crippen LogP) is 2.50.